The number of hydrogen-bond donors (Lipinski definition) is 2. The van der Waals surface area contributed by atoms with Gasteiger partial charge in [0.2, 0.25) is 0 Å². The minimum absolute atomic E-state index is 0. The molecule has 127 heavy (non-hydrogen) atoms. The maximum Gasteiger partial charge on any atom is 1.00 e. The number of phenols is 2. The number of rotatable bonds is 23. The number of hydrogen-bond acceptors (Lipinski definition) is 7. The number of allylic oxidation sites excluding steroid dienone is 5. The van der Waals surface area contributed by atoms with Gasteiger partial charge >= 0.3 is 88.7 Å². The molecule has 0 unspecified atom stereocenters. The number of phenolic OH excluding ortho intramolecular Hbond substituents is 2. The number of para-hydroxylation sites is 6. The van der Waals surface area contributed by atoms with Crippen LogP contribution in [0.15, 0.2) is 447 Å². The Bertz CT molecular complexity index is 3990. The molecule has 0 spiro atoms. The third-order valence-corrected chi connectivity index (χ3v) is 16.8. The van der Waals surface area contributed by atoms with Crippen LogP contribution in [0.5, 0.6) is 34.5 Å². The first kappa shape index (κ1) is 131. The van der Waals surface area contributed by atoms with Gasteiger partial charge in [0.05, 0.1) is 0 Å². The van der Waals surface area contributed by atoms with Crippen LogP contribution in [0.3, 0.4) is 0 Å². The standard InChI is InChI=1S/C12H14O.4C9H10O.6C9H12.C6H6O.2C3H5Cl.ClH.3Na.H2O/c1-3-7-11-8-5-6-9-12(11)13-10-4-2;2*1-2-8-10-9-6-4-3-5-7-9;2*1-2-5-8-6-3-4-7-9(8)10;6*1-8(2)9-6-4-3-5-7-9;7-6-4-2-1-3-5-6;2*1-2-3-4;;;;;/h3-6,8-9H,1-2,7,10H2;2*2-7H,1,8H2;2*2-4,6-7,10H,1,5H2;6*3-8H,1-2H3;1-5,7H;2*2H,1,3H2;1H;;;;1H2/q;;;;;;;;;;;;;;;3*+1;/p-3. The maximum absolute atomic E-state index is 10.3. The van der Waals surface area contributed by atoms with Crippen molar-refractivity contribution in [3.8, 4) is 34.5 Å². The summed E-state index contributed by atoms with van der Waals surface area (Å²) in [6, 6.07) is 113. The molecule has 0 aliphatic rings. The van der Waals surface area contributed by atoms with Crippen molar-refractivity contribution in [2.75, 3.05) is 31.6 Å². The Morgan fingerprint density at radius 1 is 0.260 bits per heavy atom. The predicted molar refractivity (Wildman–Crippen MR) is 537 cm³/mol. The average molecular weight is 1800 g/mol. The van der Waals surface area contributed by atoms with Crippen molar-refractivity contribution in [1.82, 2.24) is 0 Å². The van der Waals surface area contributed by atoms with E-state index in [1.807, 2.05) is 170 Å². The first-order valence-electron chi connectivity index (χ1n) is 41.6. The van der Waals surface area contributed by atoms with Gasteiger partial charge in [-0.1, -0.05) is 455 Å². The number of ether oxygens (including phenoxy) is 3. The van der Waals surface area contributed by atoms with E-state index < -0.39 is 0 Å². The molecule has 0 saturated heterocycles. The summed E-state index contributed by atoms with van der Waals surface area (Å²) in [7, 11) is 0. The zero-order valence-corrected chi connectivity index (χ0v) is 87.2. The summed E-state index contributed by atoms with van der Waals surface area (Å²) in [6.07, 6.45) is 16.2. The van der Waals surface area contributed by atoms with Gasteiger partial charge in [0.15, 0.2) is 0 Å². The van der Waals surface area contributed by atoms with Crippen molar-refractivity contribution in [2.45, 2.75) is 138 Å². The van der Waals surface area contributed by atoms with E-state index in [9.17, 15) is 15.3 Å². The van der Waals surface area contributed by atoms with Crippen LogP contribution in [-0.4, -0.2) is 47.3 Å². The van der Waals surface area contributed by atoms with E-state index in [1.165, 1.54) is 51.1 Å². The van der Waals surface area contributed by atoms with Gasteiger partial charge in [-0.15, -0.1) is 61.8 Å². The van der Waals surface area contributed by atoms with Crippen molar-refractivity contribution in [1.29, 1.82) is 0 Å². The SMILES string of the molecule is C=CCCl.C=CCCl.C=CCOc1ccccc1.C=CCOc1ccccc1.C=CCOc1ccccc1CC=C.C=CCc1ccccc1O.C=CCc1ccccc1O.CC(C)c1ccccc1.CC(C)c1ccccc1.CC(C)c1ccccc1.CC(C)c1ccccc1.CC(C)c1ccccc1.CC(C)c1ccccc1.[Cl-].[Na+].[Na+].[Na+].[O-]c1ccccc1.[OH-]. The topological polar surface area (TPSA) is 121 Å². The summed E-state index contributed by atoms with van der Waals surface area (Å²) in [5.74, 6) is 8.53. The van der Waals surface area contributed by atoms with Crippen LogP contribution in [0.2, 0.25) is 0 Å². The van der Waals surface area contributed by atoms with E-state index in [0.717, 1.165) is 47.6 Å². The summed E-state index contributed by atoms with van der Waals surface area (Å²) < 4.78 is 15.9. The molecule has 0 saturated carbocycles. The average Bonchev–Trinajstić information content (AvgIpc) is 0.884. The molecule has 0 amide bonds. The van der Waals surface area contributed by atoms with Gasteiger partial charge in [-0.25, -0.2) is 0 Å². The molecular formula is C114H142Cl3Na3O7. The zero-order chi connectivity index (χ0) is 90.9. The van der Waals surface area contributed by atoms with E-state index in [-0.39, 0.29) is 112 Å². The van der Waals surface area contributed by atoms with E-state index in [4.69, 9.17) is 37.4 Å². The molecule has 664 valence electrons. The fourth-order valence-electron chi connectivity index (χ4n) is 9.59. The minimum atomic E-state index is 0. The van der Waals surface area contributed by atoms with Crippen molar-refractivity contribution in [2.24, 2.45) is 0 Å². The number of alkyl halides is 2. The Labute approximate surface area is 851 Å². The van der Waals surface area contributed by atoms with Crippen LogP contribution in [0.4, 0.5) is 0 Å². The maximum atomic E-state index is 10.3. The van der Waals surface area contributed by atoms with Crippen molar-refractivity contribution in [3.63, 3.8) is 0 Å². The van der Waals surface area contributed by atoms with Crippen LogP contribution < -0.4 is 120 Å². The monoisotopic (exact) mass is 1800 g/mol. The second-order valence-electron chi connectivity index (χ2n) is 28.4. The molecule has 0 bridgehead atoms. The second kappa shape index (κ2) is 93.3. The van der Waals surface area contributed by atoms with Crippen LogP contribution in [-0.2, 0) is 19.3 Å². The molecule has 0 atom stereocenters. The summed E-state index contributed by atoms with van der Waals surface area (Å²) in [5.41, 5.74) is 11.5. The van der Waals surface area contributed by atoms with Gasteiger partial charge in [-0.2, -0.15) is 0 Å². The predicted octanol–water partition coefficient (Wildman–Crippen LogP) is 20.0. The fourth-order valence-corrected chi connectivity index (χ4v) is 9.59. The minimum Gasteiger partial charge on any atom is -1.00 e. The van der Waals surface area contributed by atoms with Crippen LogP contribution in [0.25, 0.3) is 0 Å². The van der Waals surface area contributed by atoms with Gasteiger partial charge < -0.3 is 47.4 Å². The largest absolute Gasteiger partial charge is 1.00 e. The molecule has 7 nitrogen and oxygen atoms in total. The van der Waals surface area contributed by atoms with Crippen LogP contribution in [0.1, 0.15) is 169 Å². The molecule has 0 aliphatic carbocycles. The molecule has 3 N–H and O–H groups in total. The van der Waals surface area contributed by atoms with Gasteiger partial charge in [-0.3, -0.25) is 0 Å². The molecule has 0 radical (unpaired) electrons. The zero-order valence-electron chi connectivity index (χ0n) is 78.9. The summed E-state index contributed by atoms with van der Waals surface area (Å²) in [6.45, 7) is 56.4. The quantitative estimate of drug-likeness (QED) is 0.0372. The Kier molecular flexibility index (Phi) is 96.5. The van der Waals surface area contributed by atoms with Crippen molar-refractivity contribution >= 4 is 23.2 Å². The van der Waals surface area contributed by atoms with Gasteiger partial charge in [0.25, 0.3) is 0 Å². The van der Waals surface area contributed by atoms with E-state index in [2.05, 4.69) is 281 Å². The third-order valence-electron chi connectivity index (χ3n) is 16.4. The Morgan fingerprint density at radius 3 is 0.622 bits per heavy atom. The van der Waals surface area contributed by atoms with E-state index in [1.54, 1.807) is 66.8 Å². The smallest absolute Gasteiger partial charge is 1.00 e. The first-order chi connectivity index (χ1) is 59.0. The normalized spacial score (nSPS) is 8.94. The molecule has 13 heteroatoms. The molecule has 0 aromatic heterocycles. The summed E-state index contributed by atoms with van der Waals surface area (Å²) >= 11 is 10.1. The molecule has 12 aromatic carbocycles. The first-order valence-corrected chi connectivity index (χ1v) is 42.7. The van der Waals surface area contributed by atoms with Crippen molar-refractivity contribution in [3.05, 3.63) is 497 Å². The Morgan fingerprint density at radius 2 is 0.441 bits per heavy atom. The van der Waals surface area contributed by atoms with Crippen LogP contribution in [0, 0.1) is 0 Å². The summed E-state index contributed by atoms with van der Waals surface area (Å²) in [5, 5.41) is 28.7. The Balaban J connectivity index is -0.000000245. The molecule has 0 heterocycles. The number of aromatic hydroxyl groups is 2. The third kappa shape index (κ3) is 75.8. The fraction of sp³-hybridized carbons (Fsp3) is 0.228. The van der Waals surface area contributed by atoms with Crippen LogP contribution >= 0.6 is 23.2 Å². The van der Waals surface area contributed by atoms with Gasteiger partial charge in [0.1, 0.15) is 48.6 Å². The van der Waals surface area contributed by atoms with Gasteiger partial charge in [0, 0.05) is 11.8 Å². The molecule has 0 aliphatic heterocycles. The van der Waals surface area contributed by atoms with E-state index >= 15 is 0 Å². The molecule has 0 fully saturated rings. The van der Waals surface area contributed by atoms with Gasteiger partial charge in [-0.05, 0) is 147 Å². The Hall–Kier alpha value is -8.81. The second-order valence-corrected chi connectivity index (χ2v) is 29.0. The molecule has 12 aromatic rings. The summed E-state index contributed by atoms with van der Waals surface area (Å²) in [4.78, 5) is 0. The number of benzene rings is 12. The van der Waals surface area contributed by atoms with Crippen molar-refractivity contribution < 1.29 is 136 Å². The number of halogens is 3. The van der Waals surface area contributed by atoms with E-state index in [0.29, 0.717) is 78.6 Å². The molecular weight excluding hydrogens is 1660 g/mol. The molecule has 12 rings (SSSR count).